The molecular weight excluding hydrogens is 278 g/mol. The van der Waals surface area contributed by atoms with Gasteiger partial charge in [-0.3, -0.25) is 0 Å². The Morgan fingerprint density at radius 3 is 2.45 bits per heavy atom. The minimum absolute atomic E-state index is 0.534. The zero-order valence-electron chi connectivity index (χ0n) is 12.3. The molecule has 0 radical (unpaired) electrons. The lowest BCUT2D eigenvalue weighted by molar-refractivity contribution is 0.414. The fourth-order valence-corrected chi connectivity index (χ4v) is 2.08. The van der Waals surface area contributed by atoms with E-state index in [4.69, 9.17) is 9.15 Å². The Morgan fingerprint density at radius 1 is 0.955 bits per heavy atom. The molecule has 0 spiro atoms. The maximum atomic E-state index is 5.64. The first-order chi connectivity index (χ1) is 10.8. The van der Waals surface area contributed by atoms with Crippen LogP contribution in [0.25, 0.3) is 11.5 Å². The van der Waals surface area contributed by atoms with Crippen molar-refractivity contribution in [3.8, 4) is 17.2 Å². The maximum absolute atomic E-state index is 5.64. The van der Waals surface area contributed by atoms with Crippen molar-refractivity contribution in [1.82, 2.24) is 15.5 Å². The summed E-state index contributed by atoms with van der Waals surface area (Å²) in [6.45, 7) is 1.26. The monoisotopic (exact) mass is 295 g/mol. The van der Waals surface area contributed by atoms with E-state index in [0.29, 0.717) is 18.3 Å². The number of hydrogen-bond acceptors (Lipinski definition) is 5. The topological polar surface area (TPSA) is 60.2 Å². The standard InChI is InChI=1S/C17H17N3O2/c1-21-15-9-7-13(8-10-15)11-18-12-16-19-20-17(22-16)14-5-3-2-4-6-14/h2-10,18H,11-12H2,1H3. The van der Waals surface area contributed by atoms with Gasteiger partial charge in [-0.15, -0.1) is 10.2 Å². The first kappa shape index (κ1) is 14.3. The third kappa shape index (κ3) is 3.51. The normalized spacial score (nSPS) is 10.6. The molecule has 112 valence electrons. The number of nitrogens with zero attached hydrogens (tertiary/aromatic N) is 2. The number of ether oxygens (including phenoxy) is 1. The molecule has 3 aromatic rings. The molecular formula is C17H17N3O2. The molecule has 22 heavy (non-hydrogen) atoms. The Bertz CT molecular complexity index is 708. The van der Waals surface area contributed by atoms with Crippen LogP contribution in [0.5, 0.6) is 5.75 Å². The molecule has 0 saturated heterocycles. The van der Waals surface area contributed by atoms with Crippen molar-refractivity contribution in [1.29, 1.82) is 0 Å². The van der Waals surface area contributed by atoms with E-state index in [2.05, 4.69) is 15.5 Å². The van der Waals surface area contributed by atoms with Crippen LogP contribution in [0.15, 0.2) is 59.0 Å². The van der Waals surface area contributed by atoms with E-state index in [-0.39, 0.29) is 0 Å². The van der Waals surface area contributed by atoms with Gasteiger partial charge in [0.2, 0.25) is 11.8 Å². The van der Waals surface area contributed by atoms with Crippen molar-refractivity contribution in [2.45, 2.75) is 13.1 Å². The van der Waals surface area contributed by atoms with Gasteiger partial charge in [0.1, 0.15) is 5.75 Å². The number of nitrogens with one attached hydrogen (secondary N) is 1. The quantitative estimate of drug-likeness (QED) is 0.757. The van der Waals surface area contributed by atoms with Crippen LogP contribution in [-0.2, 0) is 13.1 Å². The van der Waals surface area contributed by atoms with Gasteiger partial charge in [0.15, 0.2) is 0 Å². The fraction of sp³-hybridized carbons (Fsp3) is 0.176. The van der Waals surface area contributed by atoms with Gasteiger partial charge in [-0.1, -0.05) is 30.3 Å². The Morgan fingerprint density at radius 2 is 1.73 bits per heavy atom. The minimum atomic E-state index is 0.534. The highest BCUT2D eigenvalue weighted by atomic mass is 16.5. The predicted molar refractivity (Wildman–Crippen MR) is 83.3 cm³/mol. The summed E-state index contributed by atoms with van der Waals surface area (Å²) in [6.07, 6.45) is 0. The smallest absolute Gasteiger partial charge is 0.247 e. The number of aromatic nitrogens is 2. The van der Waals surface area contributed by atoms with Crippen molar-refractivity contribution in [2.75, 3.05) is 7.11 Å². The van der Waals surface area contributed by atoms with Gasteiger partial charge in [-0.2, -0.15) is 0 Å². The van der Waals surface area contributed by atoms with E-state index in [9.17, 15) is 0 Å². The summed E-state index contributed by atoms with van der Waals surface area (Å²) in [7, 11) is 1.66. The SMILES string of the molecule is COc1ccc(CNCc2nnc(-c3ccccc3)o2)cc1. The molecule has 5 heteroatoms. The van der Waals surface area contributed by atoms with Gasteiger partial charge in [0.05, 0.1) is 13.7 Å². The second kappa shape index (κ2) is 6.87. The van der Waals surface area contributed by atoms with E-state index < -0.39 is 0 Å². The average Bonchev–Trinajstić information content (AvgIpc) is 3.05. The van der Waals surface area contributed by atoms with Gasteiger partial charge in [0.25, 0.3) is 0 Å². The summed E-state index contributed by atoms with van der Waals surface area (Å²) in [5.74, 6) is 1.97. The molecule has 0 atom stereocenters. The van der Waals surface area contributed by atoms with Crippen LogP contribution in [-0.4, -0.2) is 17.3 Å². The second-order valence-corrected chi connectivity index (χ2v) is 4.82. The summed E-state index contributed by atoms with van der Waals surface area (Å²) >= 11 is 0. The number of methoxy groups -OCH3 is 1. The lowest BCUT2D eigenvalue weighted by atomic mass is 10.2. The maximum Gasteiger partial charge on any atom is 0.247 e. The predicted octanol–water partition coefficient (Wildman–Crippen LogP) is 3.04. The Balaban J connectivity index is 1.54. The van der Waals surface area contributed by atoms with Crippen LogP contribution in [0.2, 0.25) is 0 Å². The summed E-state index contributed by atoms with van der Waals surface area (Å²) < 4.78 is 10.8. The van der Waals surface area contributed by atoms with E-state index >= 15 is 0 Å². The lowest BCUT2D eigenvalue weighted by Crippen LogP contribution is -2.12. The first-order valence-corrected chi connectivity index (χ1v) is 7.06. The highest BCUT2D eigenvalue weighted by molar-refractivity contribution is 5.51. The Kier molecular flexibility index (Phi) is 4.46. The third-order valence-electron chi connectivity index (χ3n) is 3.25. The zero-order chi connectivity index (χ0) is 15.2. The number of rotatable bonds is 6. The van der Waals surface area contributed by atoms with E-state index in [1.807, 2.05) is 54.6 Å². The Labute approximate surface area is 129 Å². The average molecular weight is 295 g/mol. The molecule has 0 aliphatic heterocycles. The van der Waals surface area contributed by atoms with Crippen LogP contribution in [0.4, 0.5) is 0 Å². The van der Waals surface area contributed by atoms with Gasteiger partial charge in [-0.05, 0) is 29.8 Å². The summed E-state index contributed by atoms with van der Waals surface area (Å²) in [5, 5.41) is 11.4. The summed E-state index contributed by atoms with van der Waals surface area (Å²) in [6, 6.07) is 17.7. The molecule has 0 aliphatic carbocycles. The highest BCUT2D eigenvalue weighted by Crippen LogP contribution is 2.17. The first-order valence-electron chi connectivity index (χ1n) is 7.06. The summed E-state index contributed by atoms with van der Waals surface area (Å²) in [5.41, 5.74) is 2.10. The van der Waals surface area contributed by atoms with Gasteiger partial charge in [-0.25, -0.2) is 0 Å². The molecule has 0 bridgehead atoms. The van der Waals surface area contributed by atoms with Crippen molar-refractivity contribution in [3.63, 3.8) is 0 Å². The molecule has 5 nitrogen and oxygen atoms in total. The minimum Gasteiger partial charge on any atom is -0.497 e. The molecule has 1 N–H and O–H groups in total. The van der Waals surface area contributed by atoms with Crippen molar-refractivity contribution in [3.05, 3.63) is 66.1 Å². The van der Waals surface area contributed by atoms with Gasteiger partial charge in [0, 0.05) is 12.1 Å². The summed E-state index contributed by atoms with van der Waals surface area (Å²) in [4.78, 5) is 0. The molecule has 0 aliphatic rings. The molecule has 1 heterocycles. The van der Waals surface area contributed by atoms with E-state index in [0.717, 1.165) is 17.9 Å². The fourth-order valence-electron chi connectivity index (χ4n) is 2.08. The lowest BCUT2D eigenvalue weighted by Gasteiger charge is -2.04. The zero-order valence-corrected chi connectivity index (χ0v) is 12.3. The molecule has 0 fully saturated rings. The van der Waals surface area contributed by atoms with Crippen LogP contribution < -0.4 is 10.1 Å². The highest BCUT2D eigenvalue weighted by Gasteiger charge is 2.07. The molecule has 1 aromatic heterocycles. The molecule has 2 aromatic carbocycles. The molecule has 3 rings (SSSR count). The van der Waals surface area contributed by atoms with Gasteiger partial charge >= 0.3 is 0 Å². The number of benzene rings is 2. The third-order valence-corrected chi connectivity index (χ3v) is 3.25. The largest absolute Gasteiger partial charge is 0.497 e. The van der Waals surface area contributed by atoms with Crippen LogP contribution >= 0.6 is 0 Å². The molecule has 0 saturated carbocycles. The van der Waals surface area contributed by atoms with Crippen molar-refractivity contribution in [2.24, 2.45) is 0 Å². The van der Waals surface area contributed by atoms with Gasteiger partial charge < -0.3 is 14.5 Å². The van der Waals surface area contributed by atoms with Crippen LogP contribution in [0, 0.1) is 0 Å². The van der Waals surface area contributed by atoms with Crippen molar-refractivity contribution < 1.29 is 9.15 Å². The Hall–Kier alpha value is -2.66. The second-order valence-electron chi connectivity index (χ2n) is 4.82. The molecule has 0 unspecified atom stereocenters. The van der Waals surface area contributed by atoms with Crippen LogP contribution in [0.3, 0.4) is 0 Å². The van der Waals surface area contributed by atoms with Crippen molar-refractivity contribution >= 4 is 0 Å². The van der Waals surface area contributed by atoms with Crippen LogP contribution in [0.1, 0.15) is 11.5 Å². The number of hydrogen-bond donors (Lipinski definition) is 1. The molecule has 0 amide bonds. The van der Waals surface area contributed by atoms with E-state index in [1.54, 1.807) is 7.11 Å². The van der Waals surface area contributed by atoms with E-state index in [1.165, 1.54) is 5.56 Å².